The maximum Gasteiger partial charge on any atom is 0.419 e. The first-order chi connectivity index (χ1) is 9.79. The van der Waals surface area contributed by atoms with Crippen LogP contribution in [-0.2, 0) is 12.7 Å². The molecule has 7 heteroatoms. The molecule has 21 heavy (non-hydrogen) atoms. The molecule has 2 rings (SSSR count). The first-order valence-electron chi connectivity index (χ1n) is 6.09. The lowest BCUT2D eigenvalue weighted by molar-refractivity contribution is -0.137. The van der Waals surface area contributed by atoms with Gasteiger partial charge >= 0.3 is 6.18 Å². The summed E-state index contributed by atoms with van der Waals surface area (Å²) in [5.41, 5.74) is 7.25. The third-order valence-electron chi connectivity index (χ3n) is 3.09. The van der Waals surface area contributed by atoms with Crippen molar-refractivity contribution in [2.45, 2.75) is 19.6 Å². The topological polar surface area (TPSA) is 50.9 Å². The summed E-state index contributed by atoms with van der Waals surface area (Å²) >= 11 is 3.00. The molecule has 0 saturated heterocycles. The predicted molar refractivity (Wildman–Crippen MR) is 79.9 cm³/mol. The molecular weight excluding hydrogens is 347 g/mol. The molecule has 0 spiro atoms. The van der Waals surface area contributed by atoms with Crippen LogP contribution in [0.2, 0.25) is 0 Å². The molecule has 0 saturated carbocycles. The molecule has 1 heterocycles. The van der Waals surface area contributed by atoms with Gasteiger partial charge in [-0.2, -0.15) is 13.2 Å². The number of hydrogen-bond acceptors (Lipinski definition) is 3. The summed E-state index contributed by atoms with van der Waals surface area (Å²) in [5, 5.41) is 2.72. The predicted octanol–water partition coefficient (Wildman–Crippen LogP) is 4.37. The lowest BCUT2D eigenvalue weighted by atomic mass is 10.1. The van der Waals surface area contributed by atoms with Crippen LogP contribution >= 0.6 is 15.9 Å². The van der Waals surface area contributed by atoms with Gasteiger partial charge in [-0.25, -0.2) is 4.98 Å². The number of benzene rings is 1. The SMILES string of the molecule is Cc1c(N)cccc1CNc1ncc(Br)cc1C(F)(F)F. The van der Waals surface area contributed by atoms with Crippen LogP contribution in [0.5, 0.6) is 0 Å². The maximum atomic E-state index is 13.0. The average molecular weight is 360 g/mol. The van der Waals surface area contributed by atoms with Gasteiger partial charge in [-0.15, -0.1) is 0 Å². The van der Waals surface area contributed by atoms with Gasteiger partial charge in [0.05, 0.1) is 5.56 Å². The molecular formula is C14H13BrF3N3. The highest BCUT2D eigenvalue weighted by Gasteiger charge is 2.34. The highest BCUT2D eigenvalue weighted by molar-refractivity contribution is 9.10. The van der Waals surface area contributed by atoms with Crippen LogP contribution in [0.1, 0.15) is 16.7 Å². The van der Waals surface area contributed by atoms with Crippen molar-refractivity contribution in [2.24, 2.45) is 0 Å². The first-order valence-corrected chi connectivity index (χ1v) is 6.89. The third-order valence-corrected chi connectivity index (χ3v) is 3.53. The summed E-state index contributed by atoms with van der Waals surface area (Å²) in [4.78, 5) is 3.80. The number of pyridine rings is 1. The second-order valence-electron chi connectivity index (χ2n) is 4.53. The molecule has 1 aromatic heterocycles. The lowest BCUT2D eigenvalue weighted by Gasteiger charge is -2.15. The van der Waals surface area contributed by atoms with Gasteiger partial charge in [0, 0.05) is 22.9 Å². The van der Waals surface area contributed by atoms with Gasteiger partial charge in [0.15, 0.2) is 0 Å². The van der Waals surface area contributed by atoms with Crippen molar-refractivity contribution < 1.29 is 13.2 Å². The quantitative estimate of drug-likeness (QED) is 0.800. The Morgan fingerprint density at radius 2 is 2.05 bits per heavy atom. The van der Waals surface area contributed by atoms with Crippen LogP contribution in [0.3, 0.4) is 0 Å². The minimum Gasteiger partial charge on any atom is -0.399 e. The van der Waals surface area contributed by atoms with Crippen molar-refractivity contribution in [2.75, 3.05) is 11.1 Å². The van der Waals surface area contributed by atoms with Crippen LogP contribution in [-0.4, -0.2) is 4.98 Å². The summed E-state index contributed by atoms with van der Waals surface area (Å²) < 4.78 is 39.2. The molecule has 0 aliphatic carbocycles. The number of alkyl halides is 3. The number of nitrogens with one attached hydrogen (secondary N) is 1. The lowest BCUT2D eigenvalue weighted by Crippen LogP contribution is -2.13. The first kappa shape index (κ1) is 15.6. The summed E-state index contributed by atoms with van der Waals surface area (Å²) in [6, 6.07) is 6.32. The Hall–Kier alpha value is -1.76. The molecule has 1 aromatic carbocycles. The number of rotatable bonds is 3. The highest BCUT2D eigenvalue weighted by Crippen LogP contribution is 2.35. The molecule has 0 fully saturated rings. The van der Waals surface area contributed by atoms with E-state index >= 15 is 0 Å². The largest absolute Gasteiger partial charge is 0.419 e. The van der Waals surface area contributed by atoms with E-state index in [4.69, 9.17) is 5.73 Å². The average Bonchev–Trinajstić information content (AvgIpc) is 2.40. The molecule has 3 N–H and O–H groups in total. The Kier molecular flexibility index (Phi) is 4.41. The molecule has 0 amide bonds. The molecule has 0 aliphatic rings. The Bertz CT molecular complexity index is 656. The third kappa shape index (κ3) is 3.66. The zero-order chi connectivity index (χ0) is 15.6. The van der Waals surface area contributed by atoms with Crippen molar-refractivity contribution in [3.63, 3.8) is 0 Å². The van der Waals surface area contributed by atoms with Crippen molar-refractivity contribution in [1.82, 2.24) is 4.98 Å². The highest BCUT2D eigenvalue weighted by atomic mass is 79.9. The number of nitrogen functional groups attached to an aromatic ring is 1. The van der Waals surface area contributed by atoms with Crippen LogP contribution in [0.25, 0.3) is 0 Å². The van der Waals surface area contributed by atoms with Gasteiger partial charge in [0.25, 0.3) is 0 Å². The minimum absolute atomic E-state index is 0.201. The van der Waals surface area contributed by atoms with E-state index in [1.165, 1.54) is 6.20 Å². The second kappa shape index (κ2) is 5.93. The van der Waals surface area contributed by atoms with Crippen molar-refractivity contribution in [3.05, 3.63) is 51.6 Å². The molecule has 3 nitrogen and oxygen atoms in total. The van der Waals surface area contributed by atoms with Gasteiger partial charge in [0.2, 0.25) is 0 Å². The minimum atomic E-state index is -4.47. The van der Waals surface area contributed by atoms with Gasteiger partial charge < -0.3 is 11.1 Å². The standard InChI is InChI=1S/C14H13BrF3N3/c1-8-9(3-2-4-12(8)19)6-20-13-11(14(16,17)18)5-10(15)7-21-13/h2-5,7H,6,19H2,1H3,(H,20,21). The van der Waals surface area contributed by atoms with Gasteiger partial charge in [0.1, 0.15) is 5.82 Å². The summed E-state index contributed by atoms with van der Waals surface area (Å²) in [6.45, 7) is 2.04. The fourth-order valence-corrected chi connectivity index (χ4v) is 2.20. The van der Waals surface area contributed by atoms with Crippen LogP contribution in [0.15, 0.2) is 34.9 Å². The zero-order valence-corrected chi connectivity index (χ0v) is 12.7. The van der Waals surface area contributed by atoms with E-state index in [1.807, 2.05) is 13.0 Å². The number of nitrogens with zero attached hydrogens (tertiary/aromatic N) is 1. The number of halogens is 4. The van der Waals surface area contributed by atoms with E-state index in [0.29, 0.717) is 5.69 Å². The summed E-state index contributed by atoms with van der Waals surface area (Å²) in [6.07, 6.45) is -3.15. The molecule has 0 atom stereocenters. The van der Waals surface area contributed by atoms with Crippen LogP contribution in [0.4, 0.5) is 24.7 Å². The van der Waals surface area contributed by atoms with Crippen molar-refractivity contribution in [1.29, 1.82) is 0 Å². The van der Waals surface area contributed by atoms with Crippen LogP contribution < -0.4 is 11.1 Å². The van der Waals surface area contributed by atoms with E-state index in [0.717, 1.165) is 17.2 Å². The van der Waals surface area contributed by atoms with Crippen molar-refractivity contribution in [3.8, 4) is 0 Å². The van der Waals surface area contributed by atoms with E-state index in [9.17, 15) is 13.2 Å². The normalized spacial score (nSPS) is 11.5. The number of anilines is 2. The van der Waals surface area contributed by atoms with E-state index in [-0.39, 0.29) is 16.8 Å². The fraction of sp³-hybridized carbons (Fsp3) is 0.214. The molecule has 112 valence electrons. The Morgan fingerprint density at radius 1 is 1.33 bits per heavy atom. The Balaban J connectivity index is 2.26. The second-order valence-corrected chi connectivity index (χ2v) is 5.45. The molecule has 0 aliphatic heterocycles. The molecule has 0 bridgehead atoms. The number of aromatic nitrogens is 1. The number of hydrogen-bond donors (Lipinski definition) is 2. The summed E-state index contributed by atoms with van der Waals surface area (Å²) in [7, 11) is 0. The van der Waals surface area contributed by atoms with Gasteiger partial charge in [-0.3, -0.25) is 0 Å². The van der Waals surface area contributed by atoms with Crippen LogP contribution in [0, 0.1) is 6.92 Å². The van der Waals surface area contributed by atoms with Gasteiger partial charge in [-0.1, -0.05) is 12.1 Å². The summed E-state index contributed by atoms with van der Waals surface area (Å²) in [5.74, 6) is -0.201. The Labute approximate surface area is 128 Å². The zero-order valence-electron chi connectivity index (χ0n) is 11.1. The molecule has 0 radical (unpaired) electrons. The molecule has 0 unspecified atom stereocenters. The monoisotopic (exact) mass is 359 g/mol. The smallest absolute Gasteiger partial charge is 0.399 e. The van der Waals surface area contributed by atoms with Crippen molar-refractivity contribution >= 4 is 27.4 Å². The van der Waals surface area contributed by atoms with Gasteiger partial charge in [-0.05, 0) is 46.1 Å². The maximum absolute atomic E-state index is 13.0. The van der Waals surface area contributed by atoms with E-state index in [2.05, 4.69) is 26.2 Å². The van der Waals surface area contributed by atoms with E-state index < -0.39 is 11.7 Å². The molecule has 2 aromatic rings. The Morgan fingerprint density at radius 3 is 2.71 bits per heavy atom. The fourth-order valence-electron chi connectivity index (χ4n) is 1.87. The number of nitrogens with two attached hydrogens (primary N) is 1. The van der Waals surface area contributed by atoms with E-state index in [1.54, 1.807) is 12.1 Å².